The highest BCUT2D eigenvalue weighted by Gasteiger charge is 2.18. The molecular formula is C14H10ClFO3. The molecule has 0 aliphatic rings. The zero-order chi connectivity index (χ0) is 14.0. The van der Waals surface area contributed by atoms with E-state index in [4.69, 9.17) is 21.4 Å². The molecule has 0 spiro atoms. The third kappa shape index (κ3) is 2.85. The summed E-state index contributed by atoms with van der Waals surface area (Å²) < 4.78 is 18.9. The molecule has 1 N–H and O–H groups in total. The first-order valence-corrected chi connectivity index (χ1v) is 5.82. The molecule has 5 heteroatoms. The van der Waals surface area contributed by atoms with Gasteiger partial charge in [-0.25, -0.2) is 9.18 Å². The Hall–Kier alpha value is -2.07. The third-order valence-corrected chi connectivity index (χ3v) is 2.81. The highest BCUT2D eigenvalue weighted by molar-refractivity contribution is 6.32. The first-order valence-electron chi connectivity index (χ1n) is 5.45. The van der Waals surface area contributed by atoms with Crippen molar-refractivity contribution in [2.75, 3.05) is 0 Å². The number of halogens is 2. The van der Waals surface area contributed by atoms with Crippen LogP contribution in [0.25, 0.3) is 0 Å². The van der Waals surface area contributed by atoms with Crippen molar-refractivity contribution in [1.29, 1.82) is 0 Å². The zero-order valence-corrected chi connectivity index (χ0v) is 10.7. The SMILES string of the molecule is Cc1ccc(Cl)c(Oc2cccc(F)c2C(=O)O)c1. The van der Waals surface area contributed by atoms with E-state index in [-0.39, 0.29) is 11.5 Å². The molecule has 0 unspecified atom stereocenters. The molecule has 0 heterocycles. The van der Waals surface area contributed by atoms with Gasteiger partial charge in [-0.1, -0.05) is 23.7 Å². The molecule has 0 fully saturated rings. The highest BCUT2D eigenvalue weighted by Crippen LogP contribution is 2.32. The number of carbonyl (C=O) groups is 1. The van der Waals surface area contributed by atoms with Crippen molar-refractivity contribution in [2.45, 2.75) is 6.92 Å². The maximum Gasteiger partial charge on any atom is 0.342 e. The molecule has 2 aromatic rings. The number of carboxylic acid groups (broad SMARTS) is 1. The van der Waals surface area contributed by atoms with Crippen molar-refractivity contribution in [1.82, 2.24) is 0 Å². The fourth-order valence-electron chi connectivity index (χ4n) is 1.60. The number of carboxylic acids is 1. The van der Waals surface area contributed by atoms with Crippen LogP contribution < -0.4 is 4.74 Å². The molecule has 0 radical (unpaired) electrons. The normalized spacial score (nSPS) is 10.3. The minimum Gasteiger partial charge on any atom is -0.477 e. The molecule has 19 heavy (non-hydrogen) atoms. The van der Waals surface area contributed by atoms with Gasteiger partial charge in [-0.05, 0) is 36.8 Å². The van der Waals surface area contributed by atoms with Crippen molar-refractivity contribution in [3.05, 3.63) is 58.4 Å². The zero-order valence-electron chi connectivity index (χ0n) is 9.98. The van der Waals surface area contributed by atoms with Crippen molar-refractivity contribution in [3.8, 4) is 11.5 Å². The van der Waals surface area contributed by atoms with E-state index in [1.54, 1.807) is 18.2 Å². The van der Waals surface area contributed by atoms with Crippen molar-refractivity contribution < 1.29 is 19.0 Å². The van der Waals surface area contributed by atoms with Crippen molar-refractivity contribution in [2.24, 2.45) is 0 Å². The van der Waals surface area contributed by atoms with Crippen LogP contribution in [-0.2, 0) is 0 Å². The summed E-state index contributed by atoms with van der Waals surface area (Å²) in [6.45, 7) is 1.84. The number of hydrogen-bond donors (Lipinski definition) is 1. The van der Waals surface area contributed by atoms with E-state index in [0.29, 0.717) is 5.02 Å². The van der Waals surface area contributed by atoms with Crippen LogP contribution in [0.4, 0.5) is 4.39 Å². The molecule has 0 bridgehead atoms. The van der Waals surface area contributed by atoms with Gasteiger partial charge in [0.25, 0.3) is 0 Å². The average Bonchev–Trinajstić information content (AvgIpc) is 2.33. The lowest BCUT2D eigenvalue weighted by Gasteiger charge is -2.11. The van der Waals surface area contributed by atoms with Crippen LogP contribution in [0.3, 0.4) is 0 Å². The van der Waals surface area contributed by atoms with Crippen molar-refractivity contribution in [3.63, 3.8) is 0 Å². The summed E-state index contributed by atoms with van der Waals surface area (Å²) in [4.78, 5) is 11.0. The van der Waals surface area contributed by atoms with E-state index < -0.39 is 17.3 Å². The van der Waals surface area contributed by atoms with Gasteiger partial charge in [-0.15, -0.1) is 0 Å². The summed E-state index contributed by atoms with van der Waals surface area (Å²) in [6.07, 6.45) is 0. The average molecular weight is 281 g/mol. The predicted molar refractivity (Wildman–Crippen MR) is 69.6 cm³/mol. The van der Waals surface area contributed by atoms with Crippen LogP contribution in [0.15, 0.2) is 36.4 Å². The van der Waals surface area contributed by atoms with Gasteiger partial charge in [0, 0.05) is 0 Å². The summed E-state index contributed by atoms with van der Waals surface area (Å²) in [6, 6.07) is 8.89. The third-order valence-electron chi connectivity index (χ3n) is 2.50. The molecule has 0 aromatic heterocycles. The molecule has 0 amide bonds. The number of rotatable bonds is 3. The summed E-state index contributed by atoms with van der Waals surface area (Å²) in [5, 5.41) is 9.32. The van der Waals surface area contributed by atoms with Gasteiger partial charge >= 0.3 is 5.97 Å². The number of aromatic carboxylic acids is 1. The summed E-state index contributed by atoms with van der Waals surface area (Å²) in [7, 11) is 0. The van der Waals surface area contributed by atoms with E-state index in [9.17, 15) is 9.18 Å². The molecule has 98 valence electrons. The Morgan fingerprint density at radius 1 is 1.26 bits per heavy atom. The van der Waals surface area contributed by atoms with E-state index >= 15 is 0 Å². The largest absolute Gasteiger partial charge is 0.477 e. The number of ether oxygens (including phenoxy) is 1. The van der Waals surface area contributed by atoms with Crippen molar-refractivity contribution >= 4 is 17.6 Å². The minimum absolute atomic E-state index is 0.0833. The van der Waals surface area contributed by atoms with Gasteiger partial charge in [0.15, 0.2) is 0 Å². The Labute approximate surface area is 114 Å². The van der Waals surface area contributed by atoms with Crippen LogP contribution in [0.2, 0.25) is 5.02 Å². The second-order valence-electron chi connectivity index (χ2n) is 3.95. The molecule has 0 aliphatic carbocycles. The molecule has 0 aliphatic heterocycles. The predicted octanol–water partition coefficient (Wildman–Crippen LogP) is 4.28. The lowest BCUT2D eigenvalue weighted by Crippen LogP contribution is -2.03. The number of benzene rings is 2. The quantitative estimate of drug-likeness (QED) is 0.913. The van der Waals surface area contributed by atoms with Gasteiger partial charge in [-0.2, -0.15) is 0 Å². The smallest absolute Gasteiger partial charge is 0.342 e. The lowest BCUT2D eigenvalue weighted by atomic mass is 10.2. The molecule has 0 saturated carbocycles. The maximum absolute atomic E-state index is 13.5. The monoisotopic (exact) mass is 280 g/mol. The Balaban J connectivity index is 2.46. The van der Waals surface area contributed by atoms with Crippen LogP contribution in [-0.4, -0.2) is 11.1 Å². The van der Waals surface area contributed by atoms with Crippen LogP contribution in [0.1, 0.15) is 15.9 Å². The number of aryl methyl sites for hydroxylation is 1. The fraction of sp³-hybridized carbons (Fsp3) is 0.0714. The van der Waals surface area contributed by atoms with E-state index in [1.165, 1.54) is 12.1 Å². The molecular weight excluding hydrogens is 271 g/mol. The Morgan fingerprint density at radius 3 is 2.68 bits per heavy atom. The molecule has 0 saturated heterocycles. The standard InChI is InChI=1S/C14H10ClFO3/c1-8-5-6-9(15)12(7-8)19-11-4-2-3-10(16)13(11)14(17)18/h2-7H,1H3,(H,17,18). The lowest BCUT2D eigenvalue weighted by molar-refractivity contribution is 0.0689. The molecule has 0 atom stereocenters. The van der Waals surface area contributed by atoms with Crippen LogP contribution >= 0.6 is 11.6 Å². The molecule has 3 nitrogen and oxygen atoms in total. The second-order valence-corrected chi connectivity index (χ2v) is 4.36. The Bertz CT molecular complexity index is 641. The van der Waals surface area contributed by atoms with Crippen LogP contribution in [0, 0.1) is 12.7 Å². The van der Waals surface area contributed by atoms with E-state index in [0.717, 1.165) is 11.6 Å². The maximum atomic E-state index is 13.5. The fourth-order valence-corrected chi connectivity index (χ4v) is 1.76. The van der Waals surface area contributed by atoms with Gasteiger partial charge in [0.05, 0.1) is 5.02 Å². The topological polar surface area (TPSA) is 46.5 Å². The van der Waals surface area contributed by atoms with Gasteiger partial charge < -0.3 is 9.84 Å². The second kappa shape index (κ2) is 5.28. The number of hydrogen-bond acceptors (Lipinski definition) is 2. The minimum atomic E-state index is -1.39. The van der Waals surface area contributed by atoms with Crippen LogP contribution in [0.5, 0.6) is 11.5 Å². The van der Waals surface area contributed by atoms with E-state index in [2.05, 4.69) is 0 Å². The Morgan fingerprint density at radius 2 is 2.00 bits per heavy atom. The Kier molecular flexibility index (Phi) is 3.71. The molecule has 2 aromatic carbocycles. The van der Waals surface area contributed by atoms with Gasteiger partial charge in [0.1, 0.15) is 22.9 Å². The van der Waals surface area contributed by atoms with Gasteiger partial charge in [0.2, 0.25) is 0 Å². The van der Waals surface area contributed by atoms with E-state index in [1.807, 2.05) is 6.92 Å². The summed E-state index contributed by atoms with van der Waals surface area (Å²) in [5.74, 6) is -2.04. The molecule has 2 rings (SSSR count). The first kappa shape index (κ1) is 13.4. The first-order chi connectivity index (χ1) is 8.99. The summed E-state index contributed by atoms with van der Waals surface area (Å²) in [5.41, 5.74) is 0.382. The summed E-state index contributed by atoms with van der Waals surface area (Å²) >= 11 is 5.95. The highest BCUT2D eigenvalue weighted by atomic mass is 35.5. The van der Waals surface area contributed by atoms with Gasteiger partial charge in [-0.3, -0.25) is 0 Å².